The van der Waals surface area contributed by atoms with E-state index in [-0.39, 0.29) is 6.03 Å². The van der Waals surface area contributed by atoms with Crippen molar-refractivity contribution >= 4 is 6.03 Å². The highest BCUT2D eigenvalue weighted by Crippen LogP contribution is 2.27. The van der Waals surface area contributed by atoms with Crippen LogP contribution in [0.5, 0.6) is 0 Å². The first kappa shape index (κ1) is 18.8. The van der Waals surface area contributed by atoms with Gasteiger partial charge in [0.15, 0.2) is 0 Å². The summed E-state index contributed by atoms with van der Waals surface area (Å²) in [5.41, 5.74) is 1.41. The number of carbonyl (C=O) groups excluding carboxylic acids is 1. The third-order valence-electron chi connectivity index (χ3n) is 6.45. The number of amides is 2. The number of urea groups is 1. The molecule has 3 aliphatic rings. The van der Waals surface area contributed by atoms with Gasteiger partial charge >= 0.3 is 6.03 Å². The van der Waals surface area contributed by atoms with Gasteiger partial charge < -0.3 is 19.9 Å². The molecule has 0 unspecified atom stereocenters. The van der Waals surface area contributed by atoms with Gasteiger partial charge in [0.1, 0.15) is 0 Å². The molecular formula is C22H33N3O2. The predicted molar refractivity (Wildman–Crippen MR) is 107 cm³/mol. The van der Waals surface area contributed by atoms with Crippen molar-refractivity contribution in [3.63, 3.8) is 0 Å². The summed E-state index contributed by atoms with van der Waals surface area (Å²) in [5, 5.41) is 3.29. The zero-order valence-electron chi connectivity index (χ0n) is 16.3. The predicted octanol–water partition coefficient (Wildman–Crippen LogP) is 3.22. The molecule has 5 nitrogen and oxygen atoms in total. The molecule has 3 heterocycles. The fourth-order valence-electron chi connectivity index (χ4n) is 4.74. The van der Waals surface area contributed by atoms with Crippen LogP contribution in [-0.2, 0) is 4.74 Å². The van der Waals surface area contributed by atoms with Crippen LogP contribution in [-0.4, -0.2) is 67.3 Å². The van der Waals surface area contributed by atoms with Crippen LogP contribution in [0.1, 0.15) is 50.0 Å². The Kier molecular flexibility index (Phi) is 6.30. The van der Waals surface area contributed by atoms with E-state index in [1.165, 1.54) is 18.4 Å². The van der Waals surface area contributed by atoms with E-state index in [1.807, 2.05) is 4.90 Å². The maximum absolute atomic E-state index is 12.7. The number of hydrogen-bond acceptors (Lipinski definition) is 3. The van der Waals surface area contributed by atoms with Gasteiger partial charge in [0, 0.05) is 45.4 Å². The lowest BCUT2D eigenvalue weighted by molar-refractivity contribution is 0.0627. The summed E-state index contributed by atoms with van der Waals surface area (Å²) in [6, 6.07) is 11.2. The molecule has 0 radical (unpaired) electrons. The minimum absolute atomic E-state index is 0.138. The molecule has 0 bridgehead atoms. The lowest BCUT2D eigenvalue weighted by Gasteiger charge is -2.36. The van der Waals surface area contributed by atoms with Gasteiger partial charge in [-0.1, -0.05) is 30.3 Å². The monoisotopic (exact) mass is 371 g/mol. The van der Waals surface area contributed by atoms with E-state index in [4.69, 9.17) is 4.74 Å². The van der Waals surface area contributed by atoms with Crippen molar-refractivity contribution in [2.24, 2.45) is 0 Å². The van der Waals surface area contributed by atoms with E-state index in [0.717, 1.165) is 65.0 Å². The number of likely N-dealkylation sites (tertiary alicyclic amines) is 2. The second-order valence-electron chi connectivity index (χ2n) is 8.33. The average molecular weight is 372 g/mol. The highest BCUT2D eigenvalue weighted by molar-refractivity contribution is 5.74. The van der Waals surface area contributed by atoms with Crippen LogP contribution >= 0.6 is 0 Å². The van der Waals surface area contributed by atoms with Gasteiger partial charge in [0.25, 0.3) is 0 Å². The number of carbonyl (C=O) groups is 1. The quantitative estimate of drug-likeness (QED) is 0.884. The van der Waals surface area contributed by atoms with Gasteiger partial charge in [-0.2, -0.15) is 0 Å². The van der Waals surface area contributed by atoms with Crippen molar-refractivity contribution < 1.29 is 9.53 Å². The van der Waals surface area contributed by atoms with E-state index >= 15 is 0 Å². The summed E-state index contributed by atoms with van der Waals surface area (Å²) in [6.07, 6.45) is 7.09. The molecule has 1 aromatic carbocycles. The Balaban J connectivity index is 1.17. The SMILES string of the molecule is O=C(NC1CCN(C[C@H]2CCCO2)CC1)N1CCC(c2ccccc2)CC1. The van der Waals surface area contributed by atoms with Crippen LogP contribution in [0, 0.1) is 0 Å². The standard InChI is InChI=1S/C22H33N3O2/c26-22(25-14-8-19(9-15-25)18-5-2-1-3-6-18)23-20-10-12-24(13-11-20)17-21-7-4-16-27-21/h1-3,5-6,19-21H,4,7-17H2,(H,23,26)/t21-/m1/s1. The molecular weight excluding hydrogens is 338 g/mol. The first-order valence-corrected chi connectivity index (χ1v) is 10.7. The van der Waals surface area contributed by atoms with Gasteiger partial charge in [0.2, 0.25) is 0 Å². The Morgan fingerprint density at radius 1 is 1.00 bits per heavy atom. The third kappa shape index (κ3) is 5.02. The molecule has 1 N–H and O–H groups in total. The normalized spacial score (nSPS) is 25.6. The zero-order valence-corrected chi connectivity index (χ0v) is 16.3. The van der Waals surface area contributed by atoms with Crippen LogP contribution < -0.4 is 5.32 Å². The number of hydrogen-bond donors (Lipinski definition) is 1. The van der Waals surface area contributed by atoms with Gasteiger partial charge in [-0.05, 0) is 50.0 Å². The first-order chi connectivity index (χ1) is 13.3. The van der Waals surface area contributed by atoms with Crippen molar-refractivity contribution in [1.29, 1.82) is 0 Å². The molecule has 1 aromatic rings. The molecule has 1 atom stereocenters. The van der Waals surface area contributed by atoms with E-state index in [0.29, 0.717) is 18.1 Å². The van der Waals surface area contributed by atoms with E-state index in [9.17, 15) is 4.79 Å². The molecule has 2 amide bonds. The number of ether oxygens (including phenoxy) is 1. The molecule has 27 heavy (non-hydrogen) atoms. The lowest BCUT2D eigenvalue weighted by Crippen LogP contribution is -2.51. The largest absolute Gasteiger partial charge is 0.377 e. The molecule has 0 saturated carbocycles. The number of nitrogens with one attached hydrogen (secondary N) is 1. The van der Waals surface area contributed by atoms with E-state index < -0.39 is 0 Å². The summed E-state index contributed by atoms with van der Waals surface area (Å²) < 4.78 is 5.75. The third-order valence-corrected chi connectivity index (χ3v) is 6.45. The Morgan fingerprint density at radius 3 is 2.41 bits per heavy atom. The first-order valence-electron chi connectivity index (χ1n) is 10.7. The molecule has 4 rings (SSSR count). The second-order valence-corrected chi connectivity index (χ2v) is 8.33. The topological polar surface area (TPSA) is 44.8 Å². The summed E-state index contributed by atoms with van der Waals surface area (Å²) in [7, 11) is 0. The Labute approximate surface area is 163 Å². The zero-order chi connectivity index (χ0) is 18.5. The molecule has 0 aliphatic carbocycles. The summed E-state index contributed by atoms with van der Waals surface area (Å²) in [6.45, 7) is 5.86. The van der Waals surface area contributed by atoms with Gasteiger partial charge in [-0.25, -0.2) is 4.79 Å². The van der Waals surface area contributed by atoms with Gasteiger partial charge in [0.05, 0.1) is 6.10 Å². The summed E-state index contributed by atoms with van der Waals surface area (Å²) >= 11 is 0. The van der Waals surface area contributed by atoms with E-state index in [2.05, 4.69) is 40.5 Å². The molecule has 3 fully saturated rings. The molecule has 3 saturated heterocycles. The number of rotatable bonds is 4. The molecule has 5 heteroatoms. The van der Waals surface area contributed by atoms with Gasteiger partial charge in [-0.3, -0.25) is 0 Å². The van der Waals surface area contributed by atoms with Crippen LogP contribution in [0.15, 0.2) is 30.3 Å². The number of benzene rings is 1. The molecule has 148 valence electrons. The van der Waals surface area contributed by atoms with Crippen LogP contribution in [0.3, 0.4) is 0 Å². The minimum Gasteiger partial charge on any atom is -0.377 e. The van der Waals surface area contributed by atoms with Crippen molar-refractivity contribution in [2.45, 2.75) is 56.6 Å². The maximum atomic E-state index is 12.7. The number of nitrogens with zero attached hydrogens (tertiary/aromatic N) is 2. The van der Waals surface area contributed by atoms with Crippen LogP contribution in [0.2, 0.25) is 0 Å². The fourth-order valence-corrected chi connectivity index (χ4v) is 4.74. The highest BCUT2D eigenvalue weighted by atomic mass is 16.5. The minimum atomic E-state index is 0.138. The summed E-state index contributed by atoms with van der Waals surface area (Å²) in [5.74, 6) is 0.594. The molecule has 0 aromatic heterocycles. The highest BCUT2D eigenvalue weighted by Gasteiger charge is 2.28. The van der Waals surface area contributed by atoms with Crippen molar-refractivity contribution in [3.05, 3.63) is 35.9 Å². The van der Waals surface area contributed by atoms with Gasteiger partial charge in [-0.15, -0.1) is 0 Å². The fraction of sp³-hybridized carbons (Fsp3) is 0.682. The molecule has 3 aliphatic heterocycles. The van der Waals surface area contributed by atoms with Crippen molar-refractivity contribution in [1.82, 2.24) is 15.1 Å². The Morgan fingerprint density at radius 2 is 1.74 bits per heavy atom. The second kappa shape index (κ2) is 9.07. The van der Waals surface area contributed by atoms with Crippen LogP contribution in [0.4, 0.5) is 4.79 Å². The summed E-state index contributed by atoms with van der Waals surface area (Å²) in [4.78, 5) is 17.2. The maximum Gasteiger partial charge on any atom is 0.317 e. The Bertz CT molecular complexity index is 587. The van der Waals surface area contributed by atoms with Crippen LogP contribution in [0.25, 0.3) is 0 Å². The molecule has 0 spiro atoms. The number of piperidine rings is 2. The van der Waals surface area contributed by atoms with Crippen molar-refractivity contribution in [2.75, 3.05) is 39.3 Å². The average Bonchev–Trinajstić information content (AvgIpc) is 3.23. The van der Waals surface area contributed by atoms with Crippen molar-refractivity contribution in [3.8, 4) is 0 Å². The Hall–Kier alpha value is -1.59. The lowest BCUT2D eigenvalue weighted by atomic mass is 9.89. The smallest absolute Gasteiger partial charge is 0.317 e. The van der Waals surface area contributed by atoms with E-state index in [1.54, 1.807) is 0 Å².